The Kier molecular flexibility index (Phi) is 5.50. The van der Waals surface area contributed by atoms with Crippen molar-refractivity contribution in [1.82, 2.24) is 10.2 Å². The smallest absolute Gasteiger partial charge is 0.406 e. The number of para-hydroxylation sites is 1. The van der Waals surface area contributed by atoms with Crippen LogP contribution in [0.15, 0.2) is 24.3 Å². The highest BCUT2D eigenvalue weighted by molar-refractivity contribution is 6.00. The van der Waals surface area contributed by atoms with Gasteiger partial charge < -0.3 is 20.7 Å². The van der Waals surface area contributed by atoms with Crippen LogP contribution in [0.2, 0.25) is 0 Å². The first-order valence-electron chi connectivity index (χ1n) is 7.34. The van der Waals surface area contributed by atoms with E-state index in [0.717, 1.165) is 0 Å². The molecule has 3 amide bonds. The third-order valence-corrected chi connectivity index (χ3v) is 3.47. The van der Waals surface area contributed by atoms with Crippen molar-refractivity contribution >= 4 is 17.7 Å². The van der Waals surface area contributed by atoms with Gasteiger partial charge in [-0.05, 0) is 18.6 Å². The topological polar surface area (TPSA) is 102 Å². The van der Waals surface area contributed by atoms with Gasteiger partial charge in [0.05, 0.1) is 5.56 Å². The number of carbonyl (C=O) groups is 3. The van der Waals surface area contributed by atoms with Gasteiger partial charge in [0.1, 0.15) is 18.3 Å². The molecule has 1 aromatic rings. The van der Waals surface area contributed by atoms with Crippen molar-refractivity contribution in [3.8, 4) is 5.75 Å². The van der Waals surface area contributed by atoms with Crippen LogP contribution in [0.1, 0.15) is 16.8 Å². The molecule has 1 aliphatic rings. The number of rotatable bonds is 6. The second-order valence-electron chi connectivity index (χ2n) is 5.44. The number of halogens is 3. The highest BCUT2D eigenvalue weighted by atomic mass is 19.4. The van der Waals surface area contributed by atoms with Crippen LogP contribution in [0.3, 0.4) is 0 Å². The molecule has 136 valence electrons. The maximum absolute atomic E-state index is 12.4. The van der Waals surface area contributed by atoms with Gasteiger partial charge in [0.25, 0.3) is 11.8 Å². The van der Waals surface area contributed by atoms with Crippen LogP contribution in [0.4, 0.5) is 13.2 Å². The highest BCUT2D eigenvalue weighted by Crippen LogP contribution is 2.22. The van der Waals surface area contributed by atoms with Gasteiger partial charge in [0.15, 0.2) is 6.61 Å². The Morgan fingerprint density at radius 2 is 2.00 bits per heavy atom. The largest absolute Gasteiger partial charge is 0.483 e. The van der Waals surface area contributed by atoms with Crippen molar-refractivity contribution in [3.05, 3.63) is 29.8 Å². The zero-order valence-electron chi connectivity index (χ0n) is 13.0. The summed E-state index contributed by atoms with van der Waals surface area (Å²) in [5, 5.41) is 2.40. The highest BCUT2D eigenvalue weighted by Gasteiger charge is 2.40. The summed E-state index contributed by atoms with van der Waals surface area (Å²) in [5.41, 5.74) is 5.02. The fraction of sp³-hybridized carbons (Fsp3) is 0.400. The van der Waals surface area contributed by atoms with E-state index in [1.54, 1.807) is 12.1 Å². The molecule has 0 aliphatic carbocycles. The number of ether oxygens (including phenoxy) is 1. The number of nitrogens with zero attached hydrogens (tertiary/aromatic N) is 1. The number of likely N-dealkylation sites (tertiary alicyclic amines) is 1. The average Bonchev–Trinajstić information content (AvgIpc) is 2.84. The quantitative estimate of drug-likeness (QED) is 0.770. The summed E-state index contributed by atoms with van der Waals surface area (Å²) >= 11 is 0. The number of benzene rings is 1. The Bertz CT molecular complexity index is 678. The predicted molar refractivity (Wildman–Crippen MR) is 79.6 cm³/mol. The summed E-state index contributed by atoms with van der Waals surface area (Å²) in [6, 6.07) is 4.90. The molecule has 2 rings (SSSR count). The third kappa shape index (κ3) is 5.10. The molecule has 0 spiro atoms. The summed E-state index contributed by atoms with van der Waals surface area (Å²) in [6.45, 7) is -1.88. The minimum Gasteiger partial charge on any atom is -0.483 e. The first-order valence-corrected chi connectivity index (χ1v) is 7.34. The molecule has 1 fully saturated rings. The molecular weight excluding hydrogens is 343 g/mol. The molecule has 3 N–H and O–H groups in total. The van der Waals surface area contributed by atoms with Gasteiger partial charge in [-0.25, -0.2) is 0 Å². The predicted octanol–water partition coefficient (Wildman–Crippen LogP) is 0.444. The lowest BCUT2D eigenvalue weighted by atomic mass is 10.1. The zero-order chi connectivity index (χ0) is 18.6. The van der Waals surface area contributed by atoms with Crippen LogP contribution < -0.4 is 15.8 Å². The SMILES string of the molecule is NC(=O)COc1ccccc1C(=O)NC1CCN(CC(F)(F)F)C1=O. The van der Waals surface area contributed by atoms with Crippen molar-refractivity contribution in [1.29, 1.82) is 0 Å². The van der Waals surface area contributed by atoms with E-state index in [-0.39, 0.29) is 24.3 Å². The Balaban J connectivity index is 2.03. The molecule has 25 heavy (non-hydrogen) atoms. The van der Waals surface area contributed by atoms with Gasteiger partial charge in [0, 0.05) is 6.54 Å². The Hall–Kier alpha value is -2.78. The molecule has 1 aliphatic heterocycles. The average molecular weight is 359 g/mol. The van der Waals surface area contributed by atoms with Crippen LogP contribution in [-0.4, -0.2) is 54.5 Å². The molecule has 0 saturated carbocycles. The monoisotopic (exact) mass is 359 g/mol. The molecule has 0 bridgehead atoms. The van der Waals surface area contributed by atoms with Gasteiger partial charge in [-0.2, -0.15) is 13.2 Å². The van der Waals surface area contributed by atoms with Crippen molar-refractivity contribution < 1.29 is 32.3 Å². The summed E-state index contributed by atoms with van der Waals surface area (Å²) < 4.78 is 42.3. The van der Waals surface area contributed by atoms with E-state index in [4.69, 9.17) is 10.5 Å². The maximum Gasteiger partial charge on any atom is 0.406 e. The van der Waals surface area contributed by atoms with Crippen molar-refractivity contribution in [2.75, 3.05) is 19.7 Å². The standard InChI is InChI=1S/C15H16F3N3O4/c16-15(17,18)8-21-6-5-10(14(21)24)20-13(23)9-3-1-2-4-11(9)25-7-12(19)22/h1-4,10H,5-8H2,(H2,19,22)(H,20,23). The van der Waals surface area contributed by atoms with Crippen molar-refractivity contribution in [2.24, 2.45) is 5.73 Å². The second kappa shape index (κ2) is 7.41. The first kappa shape index (κ1) is 18.6. The van der Waals surface area contributed by atoms with E-state index < -0.39 is 43.1 Å². The number of carbonyl (C=O) groups excluding carboxylic acids is 3. The van der Waals surface area contributed by atoms with Crippen LogP contribution in [-0.2, 0) is 9.59 Å². The van der Waals surface area contributed by atoms with E-state index in [2.05, 4.69) is 5.32 Å². The Morgan fingerprint density at radius 3 is 2.64 bits per heavy atom. The number of amides is 3. The van der Waals surface area contributed by atoms with Crippen LogP contribution in [0.5, 0.6) is 5.75 Å². The second-order valence-corrected chi connectivity index (χ2v) is 5.44. The Morgan fingerprint density at radius 1 is 1.32 bits per heavy atom. The van der Waals surface area contributed by atoms with E-state index in [1.807, 2.05) is 0 Å². The molecule has 0 radical (unpaired) electrons. The molecule has 1 heterocycles. The maximum atomic E-state index is 12.4. The summed E-state index contributed by atoms with van der Waals surface area (Å²) in [5.74, 6) is -2.13. The summed E-state index contributed by atoms with van der Waals surface area (Å²) in [7, 11) is 0. The zero-order valence-corrected chi connectivity index (χ0v) is 13.0. The van der Waals surface area contributed by atoms with Gasteiger partial charge in [-0.3, -0.25) is 14.4 Å². The normalized spacial score (nSPS) is 17.5. The van der Waals surface area contributed by atoms with Crippen molar-refractivity contribution in [2.45, 2.75) is 18.6 Å². The molecule has 0 aromatic heterocycles. The van der Waals surface area contributed by atoms with E-state index in [1.165, 1.54) is 12.1 Å². The number of hydrogen-bond donors (Lipinski definition) is 2. The van der Waals surface area contributed by atoms with Gasteiger partial charge in [-0.15, -0.1) is 0 Å². The lowest BCUT2D eigenvalue weighted by molar-refractivity contribution is -0.157. The van der Waals surface area contributed by atoms with Crippen LogP contribution in [0, 0.1) is 0 Å². The van der Waals surface area contributed by atoms with E-state index in [9.17, 15) is 27.6 Å². The third-order valence-electron chi connectivity index (χ3n) is 3.47. The molecule has 10 heteroatoms. The molecule has 7 nitrogen and oxygen atoms in total. The van der Waals surface area contributed by atoms with Crippen molar-refractivity contribution in [3.63, 3.8) is 0 Å². The minimum absolute atomic E-state index is 0.0471. The van der Waals surface area contributed by atoms with E-state index >= 15 is 0 Å². The fourth-order valence-corrected chi connectivity index (χ4v) is 2.41. The number of primary amides is 1. The minimum atomic E-state index is -4.50. The number of hydrogen-bond acceptors (Lipinski definition) is 4. The van der Waals surface area contributed by atoms with Gasteiger partial charge in [0.2, 0.25) is 5.91 Å². The molecule has 1 unspecified atom stereocenters. The molecule has 1 atom stereocenters. The molecule has 1 saturated heterocycles. The lowest BCUT2D eigenvalue weighted by Gasteiger charge is -2.19. The Labute approximate surface area is 140 Å². The first-order chi connectivity index (χ1) is 11.7. The number of alkyl halides is 3. The molecular formula is C15H16F3N3O4. The van der Waals surface area contributed by atoms with Gasteiger partial charge >= 0.3 is 6.18 Å². The summed E-state index contributed by atoms with van der Waals surface area (Å²) in [6.07, 6.45) is -4.42. The summed E-state index contributed by atoms with van der Waals surface area (Å²) in [4.78, 5) is 35.7. The van der Waals surface area contributed by atoms with E-state index in [0.29, 0.717) is 4.90 Å². The number of nitrogens with two attached hydrogens (primary N) is 1. The van der Waals surface area contributed by atoms with Gasteiger partial charge in [-0.1, -0.05) is 12.1 Å². The van der Waals surface area contributed by atoms with Crippen LogP contribution in [0.25, 0.3) is 0 Å². The molecule has 1 aromatic carbocycles. The lowest BCUT2D eigenvalue weighted by Crippen LogP contribution is -2.43. The fourth-order valence-electron chi connectivity index (χ4n) is 2.41. The van der Waals surface area contributed by atoms with Crippen LogP contribution >= 0.6 is 0 Å². The number of nitrogens with one attached hydrogen (secondary N) is 1.